The van der Waals surface area contributed by atoms with Gasteiger partial charge in [0.2, 0.25) is 0 Å². The summed E-state index contributed by atoms with van der Waals surface area (Å²) in [5.74, 6) is 0.437. The third kappa shape index (κ3) is 1.26. The predicted octanol–water partition coefficient (Wildman–Crippen LogP) is 0.534. The highest BCUT2D eigenvalue weighted by Gasteiger charge is 1.98. The smallest absolute Gasteiger partial charge is 0.197 e. The van der Waals surface area contributed by atoms with Crippen molar-refractivity contribution in [2.75, 3.05) is 7.11 Å². The summed E-state index contributed by atoms with van der Waals surface area (Å²) >= 11 is 5.49. The molecule has 9 heavy (non-hydrogen) atoms. The van der Waals surface area contributed by atoms with E-state index in [4.69, 9.17) is 16.3 Å². The van der Waals surface area contributed by atoms with Crippen molar-refractivity contribution in [3.8, 4) is 5.75 Å². The highest BCUT2D eigenvalue weighted by molar-refractivity contribution is 6.30. The van der Waals surface area contributed by atoms with Gasteiger partial charge in [-0.2, -0.15) is 0 Å². The van der Waals surface area contributed by atoms with Crippen molar-refractivity contribution in [3.05, 3.63) is 11.3 Å². The van der Waals surface area contributed by atoms with Gasteiger partial charge in [0.25, 0.3) is 0 Å². The van der Waals surface area contributed by atoms with Crippen molar-refractivity contribution in [2.45, 2.75) is 0 Å². The first-order valence-corrected chi connectivity index (χ1v) is 2.60. The summed E-state index contributed by atoms with van der Waals surface area (Å²) in [4.78, 5) is 0. The summed E-state index contributed by atoms with van der Waals surface area (Å²) in [5.41, 5.74) is 0. The quantitative estimate of drug-likeness (QED) is 0.579. The maximum absolute atomic E-state index is 5.49. The van der Waals surface area contributed by atoms with Crippen LogP contribution in [0.25, 0.3) is 0 Å². The van der Waals surface area contributed by atoms with Gasteiger partial charge in [-0.1, -0.05) is 11.6 Å². The van der Waals surface area contributed by atoms with E-state index >= 15 is 0 Å². The van der Waals surface area contributed by atoms with E-state index in [2.05, 4.69) is 15.4 Å². The normalized spacial score (nSPS) is 9.11. The predicted molar refractivity (Wildman–Crippen MR) is 31.4 cm³/mol. The molecule has 0 saturated heterocycles. The van der Waals surface area contributed by atoms with Crippen LogP contribution in [0.3, 0.4) is 0 Å². The van der Waals surface area contributed by atoms with E-state index in [0.717, 1.165) is 0 Å². The van der Waals surface area contributed by atoms with Crippen LogP contribution in [0, 0.1) is 0 Å². The molecule has 0 radical (unpaired) electrons. The Morgan fingerprint density at radius 1 is 1.67 bits per heavy atom. The molecule has 0 spiro atoms. The van der Waals surface area contributed by atoms with Crippen molar-refractivity contribution in [3.63, 3.8) is 0 Å². The Balaban J connectivity index is 3.01. The first-order chi connectivity index (χ1) is 4.34. The molecule has 0 saturated carbocycles. The van der Waals surface area contributed by atoms with Crippen LogP contribution in [0.4, 0.5) is 0 Å². The van der Waals surface area contributed by atoms with Crippen LogP contribution < -0.4 is 4.74 Å². The van der Waals surface area contributed by atoms with Gasteiger partial charge in [-0.25, -0.2) is 0 Å². The fraction of sp³-hybridized carbons (Fsp3) is 0.250. The van der Waals surface area contributed by atoms with Crippen molar-refractivity contribution < 1.29 is 4.74 Å². The summed E-state index contributed by atoms with van der Waals surface area (Å²) in [6, 6.07) is 0. The topological polar surface area (TPSA) is 47.9 Å². The van der Waals surface area contributed by atoms with Gasteiger partial charge in [0.1, 0.15) is 0 Å². The standard InChI is InChI=1S/C4H4ClN3O/c1-9-3-2-6-8-7-4(3)5/h2H,1H3. The molecule has 0 aliphatic rings. The Hall–Kier alpha value is -0.900. The summed E-state index contributed by atoms with van der Waals surface area (Å²) < 4.78 is 4.75. The van der Waals surface area contributed by atoms with E-state index in [-0.39, 0.29) is 5.15 Å². The third-order valence-electron chi connectivity index (χ3n) is 0.782. The van der Waals surface area contributed by atoms with Crippen LogP contribution in [-0.4, -0.2) is 22.5 Å². The largest absolute Gasteiger partial charge is 0.492 e. The Kier molecular flexibility index (Phi) is 1.79. The maximum atomic E-state index is 5.49. The summed E-state index contributed by atoms with van der Waals surface area (Å²) in [7, 11) is 1.49. The number of ether oxygens (including phenoxy) is 1. The SMILES string of the molecule is COc1cnnnc1Cl. The fourth-order valence-corrected chi connectivity index (χ4v) is 0.543. The lowest BCUT2D eigenvalue weighted by molar-refractivity contribution is 0.408. The molecule has 0 fully saturated rings. The molecule has 0 aromatic carbocycles. The number of aromatic nitrogens is 3. The van der Waals surface area contributed by atoms with Gasteiger partial charge in [-0.05, 0) is 5.21 Å². The monoisotopic (exact) mass is 145 g/mol. The van der Waals surface area contributed by atoms with Gasteiger partial charge < -0.3 is 4.74 Å². The lowest BCUT2D eigenvalue weighted by Crippen LogP contribution is -1.90. The van der Waals surface area contributed by atoms with Gasteiger partial charge in [0.15, 0.2) is 10.9 Å². The highest BCUT2D eigenvalue weighted by Crippen LogP contribution is 2.16. The van der Waals surface area contributed by atoms with Crippen molar-refractivity contribution >= 4 is 11.6 Å². The molecule has 0 amide bonds. The lowest BCUT2D eigenvalue weighted by atomic mass is 10.6. The van der Waals surface area contributed by atoms with Gasteiger partial charge in [-0.15, -0.1) is 10.2 Å². The lowest BCUT2D eigenvalue weighted by Gasteiger charge is -1.95. The number of hydrogen-bond acceptors (Lipinski definition) is 4. The molecule has 0 aliphatic carbocycles. The van der Waals surface area contributed by atoms with Crippen molar-refractivity contribution in [1.82, 2.24) is 15.4 Å². The second-order valence-corrected chi connectivity index (χ2v) is 1.65. The minimum Gasteiger partial charge on any atom is -0.492 e. The maximum Gasteiger partial charge on any atom is 0.197 e. The molecular formula is C4H4ClN3O. The zero-order chi connectivity index (χ0) is 6.69. The van der Waals surface area contributed by atoms with Crippen molar-refractivity contribution in [2.24, 2.45) is 0 Å². The van der Waals surface area contributed by atoms with E-state index in [1.54, 1.807) is 0 Å². The second kappa shape index (κ2) is 2.59. The molecule has 0 aliphatic heterocycles. The molecule has 4 nitrogen and oxygen atoms in total. The zero-order valence-electron chi connectivity index (χ0n) is 4.71. The Bertz CT molecular complexity index is 205. The van der Waals surface area contributed by atoms with Gasteiger partial charge in [0, 0.05) is 0 Å². The molecular weight excluding hydrogens is 142 g/mol. The summed E-state index contributed by atoms with van der Waals surface area (Å²) in [6.45, 7) is 0. The van der Waals surface area contributed by atoms with Crippen LogP contribution in [0.5, 0.6) is 5.75 Å². The fourth-order valence-electron chi connectivity index (χ4n) is 0.383. The first-order valence-electron chi connectivity index (χ1n) is 2.22. The molecule has 1 aromatic heterocycles. The third-order valence-corrected chi connectivity index (χ3v) is 1.04. The average Bonchev–Trinajstić information content (AvgIpc) is 1.89. The Morgan fingerprint density at radius 2 is 2.44 bits per heavy atom. The van der Waals surface area contributed by atoms with E-state index in [1.165, 1.54) is 13.3 Å². The molecule has 1 aromatic rings. The number of hydrogen-bond donors (Lipinski definition) is 0. The highest BCUT2D eigenvalue weighted by atomic mass is 35.5. The average molecular weight is 146 g/mol. The second-order valence-electron chi connectivity index (χ2n) is 1.29. The van der Waals surface area contributed by atoms with Crippen LogP contribution in [0.1, 0.15) is 0 Å². The number of methoxy groups -OCH3 is 1. The summed E-state index contributed by atoms with van der Waals surface area (Å²) in [5, 5.41) is 10.4. The molecule has 0 bridgehead atoms. The van der Waals surface area contributed by atoms with Crippen LogP contribution in [0.2, 0.25) is 5.15 Å². The van der Waals surface area contributed by atoms with E-state index in [1.807, 2.05) is 0 Å². The van der Waals surface area contributed by atoms with Crippen molar-refractivity contribution in [1.29, 1.82) is 0 Å². The zero-order valence-corrected chi connectivity index (χ0v) is 5.46. The van der Waals surface area contributed by atoms with E-state index in [0.29, 0.717) is 5.75 Å². The minimum absolute atomic E-state index is 0.229. The van der Waals surface area contributed by atoms with Crippen LogP contribution >= 0.6 is 11.6 Å². The van der Waals surface area contributed by atoms with E-state index < -0.39 is 0 Å². The molecule has 0 unspecified atom stereocenters. The molecule has 1 heterocycles. The Morgan fingerprint density at radius 3 is 2.89 bits per heavy atom. The van der Waals surface area contributed by atoms with Crippen LogP contribution in [-0.2, 0) is 0 Å². The molecule has 48 valence electrons. The van der Waals surface area contributed by atoms with Gasteiger partial charge in [-0.3, -0.25) is 0 Å². The number of halogens is 1. The van der Waals surface area contributed by atoms with Gasteiger partial charge >= 0.3 is 0 Å². The minimum atomic E-state index is 0.229. The molecule has 0 N–H and O–H groups in total. The number of nitrogens with zero attached hydrogens (tertiary/aromatic N) is 3. The summed E-state index contributed by atoms with van der Waals surface area (Å²) in [6.07, 6.45) is 1.40. The van der Waals surface area contributed by atoms with Gasteiger partial charge in [0.05, 0.1) is 13.3 Å². The first kappa shape index (κ1) is 6.22. The van der Waals surface area contributed by atoms with Crippen LogP contribution in [0.15, 0.2) is 6.20 Å². The molecule has 5 heteroatoms. The van der Waals surface area contributed by atoms with E-state index in [9.17, 15) is 0 Å². The Labute approximate surface area is 56.8 Å². The number of rotatable bonds is 1. The molecule has 0 atom stereocenters. The molecule has 1 rings (SSSR count).